The van der Waals surface area contributed by atoms with Crippen molar-refractivity contribution in [2.45, 2.75) is 62.0 Å². The highest BCUT2D eigenvalue weighted by Crippen LogP contribution is 2.31. The first kappa shape index (κ1) is 19.9. The van der Waals surface area contributed by atoms with Crippen molar-refractivity contribution in [1.82, 2.24) is 19.9 Å². The van der Waals surface area contributed by atoms with Crippen LogP contribution in [0.2, 0.25) is 0 Å². The van der Waals surface area contributed by atoms with Crippen molar-refractivity contribution >= 4 is 28.7 Å². The van der Waals surface area contributed by atoms with E-state index in [1.54, 1.807) is 18.5 Å². The Balaban J connectivity index is 1.63. The van der Waals surface area contributed by atoms with Gasteiger partial charge in [0, 0.05) is 18.0 Å². The number of thioether (sulfide) groups is 1. The second-order valence-corrected chi connectivity index (χ2v) is 8.40. The lowest BCUT2D eigenvalue weighted by atomic mass is 10.1. The van der Waals surface area contributed by atoms with Gasteiger partial charge < -0.3 is 9.88 Å². The summed E-state index contributed by atoms with van der Waals surface area (Å²) in [5, 5.41) is 3.98. The van der Waals surface area contributed by atoms with E-state index in [2.05, 4.69) is 10.3 Å². The number of aromatic nitrogens is 3. The molecule has 1 aliphatic rings. The molecular formula is C22H25FN4OS. The number of imidazole rings is 1. The minimum atomic E-state index is -0.347. The van der Waals surface area contributed by atoms with E-state index in [9.17, 15) is 9.18 Å². The van der Waals surface area contributed by atoms with Crippen molar-refractivity contribution in [3.63, 3.8) is 0 Å². The van der Waals surface area contributed by atoms with E-state index in [4.69, 9.17) is 4.98 Å². The molecule has 0 spiro atoms. The van der Waals surface area contributed by atoms with Crippen molar-refractivity contribution in [3.8, 4) is 0 Å². The fourth-order valence-corrected chi connectivity index (χ4v) is 4.95. The molecule has 2 heterocycles. The summed E-state index contributed by atoms with van der Waals surface area (Å²) >= 11 is 1.52. The molecule has 0 radical (unpaired) electrons. The summed E-state index contributed by atoms with van der Waals surface area (Å²) in [4.78, 5) is 22.1. The molecule has 29 heavy (non-hydrogen) atoms. The van der Waals surface area contributed by atoms with Gasteiger partial charge in [-0.2, -0.15) is 0 Å². The molecular weight excluding hydrogens is 387 g/mol. The molecule has 152 valence electrons. The van der Waals surface area contributed by atoms with Gasteiger partial charge in [0.15, 0.2) is 5.16 Å². The second-order valence-electron chi connectivity index (χ2n) is 7.46. The Morgan fingerprint density at radius 3 is 2.93 bits per heavy atom. The number of nitrogens with zero attached hydrogens (tertiary/aromatic N) is 3. The van der Waals surface area contributed by atoms with Crippen LogP contribution in [-0.2, 0) is 10.5 Å². The van der Waals surface area contributed by atoms with E-state index in [0.717, 1.165) is 34.6 Å². The van der Waals surface area contributed by atoms with Gasteiger partial charge in [-0.3, -0.25) is 9.78 Å². The molecule has 7 heteroatoms. The number of hydrogen-bond donors (Lipinski definition) is 1. The van der Waals surface area contributed by atoms with E-state index >= 15 is 0 Å². The Morgan fingerprint density at radius 2 is 2.17 bits per heavy atom. The standard InChI is InChI=1S/C22H25FN4OS/c1-2-19(21(28)25-17-8-3-4-9-17)27-20-13-24-11-10-18(20)26-22(27)29-14-15-6-5-7-16(23)12-15/h5-7,10-13,17,19H,2-4,8-9,14H2,1H3,(H,25,28). The van der Waals surface area contributed by atoms with Gasteiger partial charge in [-0.05, 0) is 43.0 Å². The maximum atomic E-state index is 13.5. The predicted molar refractivity (Wildman–Crippen MR) is 113 cm³/mol. The fourth-order valence-electron chi connectivity index (χ4n) is 3.95. The third-order valence-corrected chi connectivity index (χ3v) is 6.44. The van der Waals surface area contributed by atoms with Crippen LogP contribution in [0, 0.1) is 5.82 Å². The molecule has 1 unspecified atom stereocenters. The number of amides is 1. The Labute approximate surface area is 174 Å². The largest absolute Gasteiger partial charge is 0.352 e. The smallest absolute Gasteiger partial charge is 0.243 e. The van der Waals surface area contributed by atoms with Crippen LogP contribution in [0.15, 0.2) is 47.9 Å². The lowest BCUT2D eigenvalue weighted by Crippen LogP contribution is -2.38. The summed E-state index contributed by atoms with van der Waals surface area (Å²) in [6, 6.07) is 8.37. The van der Waals surface area contributed by atoms with Gasteiger partial charge in [0.05, 0.1) is 17.2 Å². The first-order chi connectivity index (χ1) is 14.2. The summed E-state index contributed by atoms with van der Waals surface area (Å²) in [5.41, 5.74) is 2.55. The zero-order valence-corrected chi connectivity index (χ0v) is 17.3. The minimum absolute atomic E-state index is 0.0372. The van der Waals surface area contributed by atoms with E-state index in [1.807, 2.05) is 23.6 Å². The van der Waals surface area contributed by atoms with Gasteiger partial charge in [-0.15, -0.1) is 0 Å². The number of benzene rings is 1. The lowest BCUT2D eigenvalue weighted by Gasteiger charge is -2.22. The number of rotatable bonds is 7. The molecule has 0 aliphatic heterocycles. The highest BCUT2D eigenvalue weighted by molar-refractivity contribution is 7.98. The molecule has 1 saturated carbocycles. The molecule has 2 aromatic heterocycles. The zero-order chi connectivity index (χ0) is 20.2. The third-order valence-electron chi connectivity index (χ3n) is 5.42. The highest BCUT2D eigenvalue weighted by atomic mass is 32.2. The van der Waals surface area contributed by atoms with Crippen LogP contribution >= 0.6 is 11.8 Å². The summed E-state index contributed by atoms with van der Waals surface area (Å²) in [7, 11) is 0. The summed E-state index contributed by atoms with van der Waals surface area (Å²) < 4.78 is 15.5. The van der Waals surface area contributed by atoms with Gasteiger partial charge in [0.25, 0.3) is 0 Å². The number of halogens is 1. The molecule has 1 amide bonds. The van der Waals surface area contributed by atoms with Gasteiger partial charge in [-0.25, -0.2) is 9.37 Å². The van der Waals surface area contributed by atoms with Crippen molar-refractivity contribution < 1.29 is 9.18 Å². The molecule has 1 atom stereocenters. The fraction of sp³-hybridized carbons (Fsp3) is 0.409. The summed E-state index contributed by atoms with van der Waals surface area (Å²) in [6.07, 6.45) is 8.58. The molecule has 5 nitrogen and oxygen atoms in total. The monoisotopic (exact) mass is 412 g/mol. The minimum Gasteiger partial charge on any atom is -0.352 e. The number of carbonyl (C=O) groups excluding carboxylic acids is 1. The normalized spacial score (nSPS) is 15.7. The Hall–Kier alpha value is -2.41. The maximum absolute atomic E-state index is 13.5. The number of pyridine rings is 1. The average molecular weight is 413 g/mol. The number of hydrogen-bond acceptors (Lipinski definition) is 4. The molecule has 0 bridgehead atoms. The SMILES string of the molecule is CCC(C(=O)NC1CCCC1)n1c(SCc2cccc(F)c2)nc2ccncc21. The Kier molecular flexibility index (Phi) is 6.13. The topological polar surface area (TPSA) is 59.8 Å². The first-order valence-corrected chi connectivity index (χ1v) is 11.1. The molecule has 3 aromatic rings. The molecule has 1 fully saturated rings. The number of carbonyl (C=O) groups is 1. The van der Waals surface area contributed by atoms with Crippen LogP contribution in [0.4, 0.5) is 4.39 Å². The molecule has 4 rings (SSSR count). The summed E-state index contributed by atoms with van der Waals surface area (Å²) in [5.74, 6) is 0.369. The van der Waals surface area contributed by atoms with E-state index in [1.165, 1.54) is 36.7 Å². The van der Waals surface area contributed by atoms with Crippen molar-refractivity contribution in [3.05, 3.63) is 54.1 Å². The van der Waals surface area contributed by atoms with Gasteiger partial charge in [0.2, 0.25) is 5.91 Å². The van der Waals surface area contributed by atoms with Gasteiger partial charge in [-0.1, -0.05) is 43.7 Å². The molecule has 1 aromatic carbocycles. The Morgan fingerprint density at radius 1 is 1.34 bits per heavy atom. The maximum Gasteiger partial charge on any atom is 0.243 e. The first-order valence-electron chi connectivity index (χ1n) is 10.1. The Bertz CT molecular complexity index is 999. The van der Waals surface area contributed by atoms with Gasteiger partial charge >= 0.3 is 0 Å². The van der Waals surface area contributed by atoms with E-state index < -0.39 is 0 Å². The number of fused-ring (bicyclic) bond motifs is 1. The van der Waals surface area contributed by atoms with Crippen LogP contribution in [0.5, 0.6) is 0 Å². The van der Waals surface area contributed by atoms with E-state index in [-0.39, 0.29) is 23.8 Å². The summed E-state index contributed by atoms with van der Waals surface area (Å²) in [6.45, 7) is 2.02. The molecule has 1 N–H and O–H groups in total. The molecule has 1 aliphatic carbocycles. The second kappa shape index (κ2) is 8.95. The van der Waals surface area contributed by atoms with Crippen molar-refractivity contribution in [1.29, 1.82) is 0 Å². The average Bonchev–Trinajstić information content (AvgIpc) is 3.35. The van der Waals surface area contributed by atoms with Crippen LogP contribution in [0.25, 0.3) is 11.0 Å². The zero-order valence-electron chi connectivity index (χ0n) is 16.5. The van der Waals surface area contributed by atoms with Crippen LogP contribution in [0.1, 0.15) is 50.6 Å². The third kappa shape index (κ3) is 4.45. The highest BCUT2D eigenvalue weighted by Gasteiger charge is 2.27. The quantitative estimate of drug-likeness (QED) is 0.562. The van der Waals surface area contributed by atoms with E-state index in [0.29, 0.717) is 12.2 Å². The van der Waals surface area contributed by atoms with Crippen LogP contribution in [-0.4, -0.2) is 26.5 Å². The van der Waals surface area contributed by atoms with Crippen LogP contribution < -0.4 is 5.32 Å². The van der Waals surface area contributed by atoms with Crippen LogP contribution in [0.3, 0.4) is 0 Å². The predicted octanol–water partition coefficient (Wildman–Crippen LogP) is 4.87. The lowest BCUT2D eigenvalue weighted by molar-refractivity contribution is -0.125. The number of nitrogens with one attached hydrogen (secondary N) is 1. The van der Waals surface area contributed by atoms with Crippen molar-refractivity contribution in [2.75, 3.05) is 0 Å². The van der Waals surface area contributed by atoms with Gasteiger partial charge in [0.1, 0.15) is 11.9 Å². The molecule has 0 saturated heterocycles. The van der Waals surface area contributed by atoms with Crippen molar-refractivity contribution in [2.24, 2.45) is 0 Å².